The zero-order valence-corrected chi connectivity index (χ0v) is 10.6. The first-order chi connectivity index (χ1) is 8.02. The number of carboxylic acids is 1. The average Bonchev–Trinajstić information content (AvgIpc) is 2.29. The number of hydrogen-bond acceptors (Lipinski definition) is 3. The van der Waals surface area contributed by atoms with Gasteiger partial charge in [-0.3, -0.25) is 9.59 Å². The summed E-state index contributed by atoms with van der Waals surface area (Å²) in [7, 11) is 0. The fraction of sp³-hybridized carbons (Fsp3) is 0.833. The molecule has 1 amide bonds. The van der Waals surface area contributed by atoms with Gasteiger partial charge < -0.3 is 15.3 Å². The van der Waals surface area contributed by atoms with E-state index < -0.39 is 5.97 Å². The molecule has 0 aromatic heterocycles. The van der Waals surface area contributed by atoms with Crippen LogP contribution >= 0.6 is 0 Å². The molecule has 0 radical (unpaired) electrons. The monoisotopic (exact) mass is 242 g/mol. The summed E-state index contributed by atoms with van der Waals surface area (Å²) >= 11 is 0. The van der Waals surface area contributed by atoms with Crippen molar-refractivity contribution in [2.24, 2.45) is 5.92 Å². The van der Waals surface area contributed by atoms with Gasteiger partial charge in [0.1, 0.15) is 0 Å². The molecule has 0 aromatic carbocycles. The fourth-order valence-corrected chi connectivity index (χ4v) is 2.14. The van der Waals surface area contributed by atoms with Gasteiger partial charge in [0.2, 0.25) is 5.91 Å². The maximum atomic E-state index is 12.2. The molecular weight excluding hydrogens is 220 g/mol. The van der Waals surface area contributed by atoms with Gasteiger partial charge in [-0.15, -0.1) is 0 Å². The lowest BCUT2D eigenvalue weighted by Crippen LogP contribution is -2.46. The Labute approximate surface area is 102 Å². The number of nitrogens with zero attached hydrogens (tertiary/aromatic N) is 1. The number of nitrogens with one attached hydrogen (secondary N) is 1. The number of hydrogen-bond donors (Lipinski definition) is 2. The summed E-state index contributed by atoms with van der Waals surface area (Å²) in [5, 5.41) is 11.9. The van der Waals surface area contributed by atoms with Crippen molar-refractivity contribution in [1.29, 1.82) is 0 Å². The maximum Gasteiger partial charge on any atom is 0.305 e. The third-order valence-corrected chi connectivity index (χ3v) is 3.12. The van der Waals surface area contributed by atoms with Gasteiger partial charge in [-0.25, -0.2) is 0 Å². The Morgan fingerprint density at radius 1 is 1.47 bits per heavy atom. The van der Waals surface area contributed by atoms with Crippen molar-refractivity contribution in [2.45, 2.75) is 39.2 Å². The number of amides is 1. The largest absolute Gasteiger partial charge is 0.481 e. The molecular formula is C12H22N2O3. The normalized spacial score (nSPS) is 20.3. The molecule has 98 valence electrons. The third kappa shape index (κ3) is 4.34. The van der Waals surface area contributed by atoms with Crippen LogP contribution in [-0.2, 0) is 9.59 Å². The van der Waals surface area contributed by atoms with Gasteiger partial charge in [-0.2, -0.15) is 0 Å². The molecule has 1 fully saturated rings. The van der Waals surface area contributed by atoms with Crippen molar-refractivity contribution in [3.05, 3.63) is 0 Å². The number of rotatable bonds is 5. The van der Waals surface area contributed by atoms with Crippen molar-refractivity contribution in [1.82, 2.24) is 10.2 Å². The van der Waals surface area contributed by atoms with E-state index in [2.05, 4.69) is 5.32 Å². The topological polar surface area (TPSA) is 69.6 Å². The minimum Gasteiger partial charge on any atom is -0.481 e. The number of carbonyl (C=O) groups excluding carboxylic acids is 1. The molecule has 0 saturated carbocycles. The van der Waals surface area contributed by atoms with Crippen molar-refractivity contribution in [3.63, 3.8) is 0 Å². The molecule has 1 heterocycles. The first-order valence-corrected chi connectivity index (χ1v) is 6.25. The van der Waals surface area contributed by atoms with Crippen LogP contribution < -0.4 is 5.32 Å². The predicted molar refractivity (Wildman–Crippen MR) is 64.7 cm³/mol. The highest BCUT2D eigenvalue weighted by Gasteiger charge is 2.27. The summed E-state index contributed by atoms with van der Waals surface area (Å²) in [5.41, 5.74) is 0. The molecule has 5 nitrogen and oxygen atoms in total. The second-order valence-corrected chi connectivity index (χ2v) is 4.81. The van der Waals surface area contributed by atoms with E-state index in [0.29, 0.717) is 6.54 Å². The van der Waals surface area contributed by atoms with Crippen molar-refractivity contribution < 1.29 is 14.7 Å². The van der Waals surface area contributed by atoms with Gasteiger partial charge >= 0.3 is 5.97 Å². The third-order valence-electron chi connectivity index (χ3n) is 3.12. The van der Waals surface area contributed by atoms with Crippen LogP contribution in [0.25, 0.3) is 0 Å². The summed E-state index contributed by atoms with van der Waals surface area (Å²) in [6.07, 6.45) is 1.94. The average molecular weight is 242 g/mol. The fourth-order valence-electron chi connectivity index (χ4n) is 2.14. The van der Waals surface area contributed by atoms with Crippen molar-refractivity contribution >= 4 is 11.9 Å². The number of carboxylic acid groups (broad SMARTS) is 1. The number of aliphatic carboxylic acids is 1. The van der Waals surface area contributed by atoms with Crippen LogP contribution in [0.2, 0.25) is 0 Å². The summed E-state index contributed by atoms with van der Waals surface area (Å²) < 4.78 is 0. The highest BCUT2D eigenvalue weighted by molar-refractivity contribution is 5.80. The highest BCUT2D eigenvalue weighted by Crippen LogP contribution is 2.15. The quantitative estimate of drug-likeness (QED) is 0.744. The molecule has 0 aliphatic carbocycles. The molecule has 1 atom stereocenters. The molecule has 1 aliphatic rings. The van der Waals surface area contributed by atoms with E-state index in [1.807, 2.05) is 13.8 Å². The lowest BCUT2D eigenvalue weighted by atomic mass is 9.97. The van der Waals surface area contributed by atoms with Crippen LogP contribution in [-0.4, -0.2) is 47.6 Å². The molecule has 5 heteroatoms. The Bertz CT molecular complexity index is 273. The van der Waals surface area contributed by atoms with Crippen LogP contribution in [0.1, 0.15) is 33.1 Å². The minimum absolute atomic E-state index is 0.0138. The summed E-state index contributed by atoms with van der Waals surface area (Å²) in [4.78, 5) is 24.5. The van der Waals surface area contributed by atoms with E-state index in [1.165, 1.54) is 0 Å². The second kappa shape index (κ2) is 6.59. The first-order valence-electron chi connectivity index (χ1n) is 6.25. The highest BCUT2D eigenvalue weighted by atomic mass is 16.4. The first kappa shape index (κ1) is 14.0. The summed E-state index contributed by atoms with van der Waals surface area (Å²) in [6, 6.07) is 0.0591. The zero-order chi connectivity index (χ0) is 12.8. The minimum atomic E-state index is -0.856. The van der Waals surface area contributed by atoms with Gasteiger partial charge in [0.15, 0.2) is 0 Å². The Morgan fingerprint density at radius 3 is 2.65 bits per heavy atom. The zero-order valence-electron chi connectivity index (χ0n) is 10.6. The van der Waals surface area contributed by atoms with Crippen LogP contribution in [0.15, 0.2) is 0 Å². The van der Waals surface area contributed by atoms with Crippen LogP contribution in [0.3, 0.4) is 0 Å². The SMILES string of the molecule is CC(C)N(CCC(=O)O)C(=O)[C@@H]1CCCNC1. The van der Waals surface area contributed by atoms with E-state index >= 15 is 0 Å². The van der Waals surface area contributed by atoms with E-state index in [-0.39, 0.29) is 24.3 Å². The van der Waals surface area contributed by atoms with Crippen LogP contribution in [0.4, 0.5) is 0 Å². The van der Waals surface area contributed by atoms with E-state index in [4.69, 9.17) is 5.11 Å². The maximum absolute atomic E-state index is 12.2. The van der Waals surface area contributed by atoms with Gasteiger partial charge in [-0.1, -0.05) is 0 Å². The van der Waals surface area contributed by atoms with Gasteiger partial charge in [0.05, 0.1) is 12.3 Å². The Balaban J connectivity index is 2.55. The number of piperidine rings is 1. The van der Waals surface area contributed by atoms with E-state index in [9.17, 15) is 9.59 Å². The van der Waals surface area contributed by atoms with E-state index in [1.54, 1.807) is 4.90 Å². The summed E-state index contributed by atoms with van der Waals surface area (Å²) in [6.45, 7) is 5.85. The van der Waals surface area contributed by atoms with Gasteiger partial charge in [0, 0.05) is 19.1 Å². The molecule has 0 spiro atoms. The Kier molecular flexibility index (Phi) is 5.41. The lowest BCUT2D eigenvalue weighted by Gasteiger charge is -2.32. The molecule has 1 aliphatic heterocycles. The smallest absolute Gasteiger partial charge is 0.305 e. The van der Waals surface area contributed by atoms with Gasteiger partial charge in [-0.05, 0) is 33.2 Å². The predicted octanol–water partition coefficient (Wildman–Crippen LogP) is 0.698. The number of carbonyl (C=O) groups is 2. The van der Waals surface area contributed by atoms with E-state index in [0.717, 1.165) is 25.9 Å². The molecule has 0 bridgehead atoms. The molecule has 0 aromatic rings. The molecule has 0 unspecified atom stereocenters. The second-order valence-electron chi connectivity index (χ2n) is 4.81. The molecule has 2 N–H and O–H groups in total. The molecule has 17 heavy (non-hydrogen) atoms. The molecule has 1 rings (SSSR count). The molecule has 1 saturated heterocycles. The van der Waals surface area contributed by atoms with Gasteiger partial charge in [0.25, 0.3) is 0 Å². The summed E-state index contributed by atoms with van der Waals surface area (Å²) in [5.74, 6) is -0.751. The van der Waals surface area contributed by atoms with Crippen molar-refractivity contribution in [3.8, 4) is 0 Å². The van der Waals surface area contributed by atoms with Crippen molar-refractivity contribution in [2.75, 3.05) is 19.6 Å². The Hall–Kier alpha value is -1.10. The Morgan fingerprint density at radius 2 is 2.18 bits per heavy atom. The lowest BCUT2D eigenvalue weighted by molar-refractivity contribution is -0.141. The van der Waals surface area contributed by atoms with Crippen LogP contribution in [0, 0.1) is 5.92 Å². The van der Waals surface area contributed by atoms with Crippen LogP contribution in [0.5, 0.6) is 0 Å². The standard InChI is InChI=1S/C12H22N2O3/c1-9(2)14(7-5-11(15)16)12(17)10-4-3-6-13-8-10/h9-10,13H,3-8H2,1-2H3,(H,15,16)/t10-/m1/s1.